The summed E-state index contributed by atoms with van der Waals surface area (Å²) in [5, 5.41) is 8.80. The molecule has 2 aliphatic heterocycles. The molecule has 2 aliphatic rings. The number of benzene rings is 2. The Morgan fingerprint density at radius 2 is 1.44 bits per heavy atom. The van der Waals surface area contributed by atoms with Gasteiger partial charge in [-0.3, -0.25) is 4.79 Å². The Bertz CT molecular complexity index is 1110. The molecule has 8 nitrogen and oxygen atoms in total. The van der Waals surface area contributed by atoms with E-state index >= 15 is 0 Å². The first-order chi connectivity index (χ1) is 16.7. The summed E-state index contributed by atoms with van der Waals surface area (Å²) in [4.78, 5) is 19.2. The molecular weight excluding hydrogens is 437 g/mol. The number of halogens is 1. The molecule has 5 rings (SSSR count). The Hall–Kier alpha value is -3.72. The number of morpholine rings is 1. The van der Waals surface area contributed by atoms with Gasteiger partial charge in [-0.2, -0.15) is 0 Å². The minimum absolute atomic E-state index is 0.0436. The second kappa shape index (κ2) is 10.0. The molecule has 2 saturated heterocycles. The second-order valence-electron chi connectivity index (χ2n) is 8.21. The summed E-state index contributed by atoms with van der Waals surface area (Å²) in [6.07, 6.45) is 0. The van der Waals surface area contributed by atoms with Crippen LogP contribution in [0.25, 0.3) is 0 Å². The van der Waals surface area contributed by atoms with E-state index in [1.54, 1.807) is 36.4 Å². The molecular formula is C25H26FN5O3. The fraction of sp³-hybridized carbons (Fsp3) is 0.320. The average molecular weight is 464 g/mol. The number of hydrogen-bond donors (Lipinski definition) is 0. The number of rotatable bonds is 5. The SMILES string of the molecule is O=C(c1cccc(Oc2ccc(F)cc2)c1)N1CCN(c2ccc(N3CCOCC3)nn2)CC1. The molecule has 0 aliphatic carbocycles. The van der Waals surface area contributed by atoms with Crippen LogP contribution < -0.4 is 14.5 Å². The number of carbonyl (C=O) groups is 1. The van der Waals surface area contributed by atoms with Crippen molar-refractivity contribution >= 4 is 17.5 Å². The number of nitrogens with zero attached hydrogens (tertiary/aromatic N) is 5. The Morgan fingerprint density at radius 1 is 0.794 bits per heavy atom. The van der Waals surface area contributed by atoms with Crippen LogP contribution in [-0.2, 0) is 4.74 Å². The lowest BCUT2D eigenvalue weighted by Gasteiger charge is -2.35. The molecule has 0 atom stereocenters. The van der Waals surface area contributed by atoms with Gasteiger partial charge < -0.3 is 24.2 Å². The first-order valence-corrected chi connectivity index (χ1v) is 11.4. The van der Waals surface area contributed by atoms with Crippen LogP contribution in [0.2, 0.25) is 0 Å². The van der Waals surface area contributed by atoms with Crippen LogP contribution in [0.15, 0.2) is 60.7 Å². The van der Waals surface area contributed by atoms with E-state index in [1.807, 2.05) is 17.0 Å². The van der Waals surface area contributed by atoms with Gasteiger partial charge in [0, 0.05) is 44.8 Å². The van der Waals surface area contributed by atoms with Crippen LogP contribution in [0.3, 0.4) is 0 Å². The van der Waals surface area contributed by atoms with Crippen LogP contribution in [0, 0.1) is 5.82 Å². The molecule has 0 bridgehead atoms. The highest BCUT2D eigenvalue weighted by molar-refractivity contribution is 5.94. The second-order valence-corrected chi connectivity index (χ2v) is 8.21. The van der Waals surface area contributed by atoms with E-state index in [-0.39, 0.29) is 11.7 Å². The monoisotopic (exact) mass is 463 g/mol. The smallest absolute Gasteiger partial charge is 0.254 e. The highest BCUT2D eigenvalue weighted by atomic mass is 19.1. The molecule has 0 N–H and O–H groups in total. The number of amides is 1. The van der Waals surface area contributed by atoms with Crippen molar-refractivity contribution in [3.05, 3.63) is 72.0 Å². The first kappa shape index (κ1) is 22.1. The fourth-order valence-electron chi connectivity index (χ4n) is 4.10. The van der Waals surface area contributed by atoms with E-state index in [0.29, 0.717) is 56.5 Å². The maximum Gasteiger partial charge on any atom is 0.254 e. The van der Waals surface area contributed by atoms with E-state index in [0.717, 1.165) is 24.7 Å². The number of piperazine rings is 1. The molecule has 9 heteroatoms. The van der Waals surface area contributed by atoms with Crippen molar-refractivity contribution in [1.29, 1.82) is 0 Å². The van der Waals surface area contributed by atoms with E-state index in [1.165, 1.54) is 12.1 Å². The van der Waals surface area contributed by atoms with E-state index < -0.39 is 0 Å². The number of hydrogen-bond acceptors (Lipinski definition) is 7. The summed E-state index contributed by atoms with van der Waals surface area (Å²) >= 11 is 0. The molecule has 0 unspecified atom stereocenters. The Kier molecular flexibility index (Phi) is 6.53. The van der Waals surface area contributed by atoms with Crippen molar-refractivity contribution in [2.24, 2.45) is 0 Å². The van der Waals surface area contributed by atoms with Crippen LogP contribution in [0.5, 0.6) is 11.5 Å². The summed E-state index contributed by atoms with van der Waals surface area (Å²) < 4.78 is 24.3. The summed E-state index contributed by atoms with van der Waals surface area (Å²) in [6, 6.07) is 16.8. The third-order valence-corrected chi connectivity index (χ3v) is 5.99. The van der Waals surface area contributed by atoms with Crippen molar-refractivity contribution in [3.8, 4) is 11.5 Å². The largest absolute Gasteiger partial charge is 0.457 e. The summed E-state index contributed by atoms with van der Waals surface area (Å²) in [5.41, 5.74) is 0.558. The Balaban J connectivity index is 1.18. The minimum atomic E-state index is -0.325. The van der Waals surface area contributed by atoms with Gasteiger partial charge in [0.05, 0.1) is 13.2 Å². The molecule has 2 fully saturated rings. The summed E-state index contributed by atoms with van der Waals surface area (Å²) in [6.45, 7) is 5.62. The third kappa shape index (κ3) is 5.09. The minimum Gasteiger partial charge on any atom is -0.457 e. The number of aromatic nitrogens is 2. The number of carbonyl (C=O) groups excluding carboxylic acids is 1. The number of anilines is 2. The molecule has 34 heavy (non-hydrogen) atoms. The quantitative estimate of drug-likeness (QED) is 0.576. The normalized spacial score (nSPS) is 16.4. The van der Waals surface area contributed by atoms with Crippen molar-refractivity contribution in [2.75, 3.05) is 62.3 Å². The zero-order valence-corrected chi connectivity index (χ0v) is 18.8. The lowest BCUT2D eigenvalue weighted by Crippen LogP contribution is -2.49. The lowest BCUT2D eigenvalue weighted by molar-refractivity contribution is 0.0746. The summed E-state index contributed by atoms with van der Waals surface area (Å²) in [7, 11) is 0. The van der Waals surface area contributed by atoms with Gasteiger partial charge in [0.2, 0.25) is 0 Å². The van der Waals surface area contributed by atoms with Gasteiger partial charge in [0.25, 0.3) is 5.91 Å². The maximum absolute atomic E-state index is 13.1. The maximum atomic E-state index is 13.1. The molecule has 2 aromatic carbocycles. The molecule has 3 heterocycles. The van der Waals surface area contributed by atoms with Gasteiger partial charge >= 0.3 is 0 Å². The van der Waals surface area contributed by atoms with Crippen molar-refractivity contribution < 1.29 is 18.7 Å². The molecule has 176 valence electrons. The van der Waals surface area contributed by atoms with Crippen molar-refractivity contribution in [3.63, 3.8) is 0 Å². The van der Waals surface area contributed by atoms with E-state index in [4.69, 9.17) is 9.47 Å². The topological polar surface area (TPSA) is 71.0 Å². The van der Waals surface area contributed by atoms with Crippen molar-refractivity contribution in [1.82, 2.24) is 15.1 Å². The van der Waals surface area contributed by atoms with Gasteiger partial charge in [-0.25, -0.2) is 4.39 Å². The predicted molar refractivity (Wildman–Crippen MR) is 126 cm³/mol. The standard InChI is InChI=1S/C25H26FN5O3/c26-20-4-6-21(7-5-20)34-22-3-1-2-19(18-22)25(32)31-12-10-29(11-13-31)23-8-9-24(28-27-23)30-14-16-33-17-15-30/h1-9,18H,10-17H2. The van der Waals surface area contributed by atoms with Crippen LogP contribution in [-0.4, -0.2) is 73.5 Å². The fourth-order valence-corrected chi connectivity index (χ4v) is 4.10. The first-order valence-electron chi connectivity index (χ1n) is 11.4. The van der Waals surface area contributed by atoms with Gasteiger partial charge in [-0.05, 0) is 54.6 Å². The third-order valence-electron chi connectivity index (χ3n) is 5.99. The highest BCUT2D eigenvalue weighted by Crippen LogP contribution is 2.24. The van der Waals surface area contributed by atoms with Crippen molar-refractivity contribution in [2.45, 2.75) is 0 Å². The Morgan fingerprint density at radius 3 is 2.09 bits per heavy atom. The zero-order valence-electron chi connectivity index (χ0n) is 18.8. The zero-order chi connectivity index (χ0) is 23.3. The van der Waals surface area contributed by atoms with Gasteiger partial charge in [0.15, 0.2) is 11.6 Å². The van der Waals surface area contributed by atoms with Gasteiger partial charge in [-0.1, -0.05) is 6.07 Å². The molecule has 0 radical (unpaired) electrons. The Labute approximate surface area is 197 Å². The number of ether oxygens (including phenoxy) is 2. The lowest BCUT2D eigenvalue weighted by atomic mass is 10.1. The van der Waals surface area contributed by atoms with E-state index in [9.17, 15) is 9.18 Å². The molecule has 1 aromatic heterocycles. The summed E-state index contributed by atoms with van der Waals surface area (Å²) in [5.74, 6) is 2.36. The molecule has 3 aromatic rings. The van der Waals surface area contributed by atoms with Crippen LogP contribution >= 0.6 is 0 Å². The average Bonchev–Trinajstić information content (AvgIpc) is 2.90. The molecule has 1 amide bonds. The van der Waals surface area contributed by atoms with Crippen LogP contribution in [0.1, 0.15) is 10.4 Å². The van der Waals surface area contributed by atoms with E-state index in [2.05, 4.69) is 20.0 Å². The van der Waals surface area contributed by atoms with Crippen LogP contribution in [0.4, 0.5) is 16.0 Å². The van der Waals surface area contributed by atoms with Gasteiger partial charge in [-0.15, -0.1) is 10.2 Å². The predicted octanol–water partition coefficient (Wildman–Crippen LogP) is 3.21. The van der Waals surface area contributed by atoms with Gasteiger partial charge in [0.1, 0.15) is 17.3 Å². The molecule has 0 spiro atoms. The highest BCUT2D eigenvalue weighted by Gasteiger charge is 2.24. The molecule has 0 saturated carbocycles.